The van der Waals surface area contributed by atoms with E-state index in [0.717, 1.165) is 6.42 Å². The Morgan fingerprint density at radius 3 is 2.33 bits per heavy atom. The van der Waals surface area contributed by atoms with Crippen molar-refractivity contribution in [3.8, 4) is 0 Å². The Bertz CT molecular complexity index is 237. The Hall–Kier alpha value is -0.570. The Balaban J connectivity index is 1.77. The molecule has 0 radical (unpaired) electrons. The van der Waals surface area contributed by atoms with Gasteiger partial charge in [0.25, 0.3) is 0 Å². The van der Waals surface area contributed by atoms with Crippen LogP contribution in [0.25, 0.3) is 0 Å². The molecular weight excluding hydrogens is 192 g/mol. The van der Waals surface area contributed by atoms with Crippen LogP contribution in [-0.2, 0) is 4.79 Å². The highest BCUT2D eigenvalue weighted by Crippen LogP contribution is 2.44. The van der Waals surface area contributed by atoms with E-state index in [4.69, 9.17) is 5.11 Å². The van der Waals surface area contributed by atoms with Crippen LogP contribution in [0.15, 0.2) is 0 Å². The number of carbonyl (C=O) groups is 1. The summed E-state index contributed by atoms with van der Waals surface area (Å²) in [6.45, 7) is 0. The third kappa shape index (κ3) is 2.51. The molecule has 15 heavy (non-hydrogen) atoms. The Morgan fingerprint density at radius 1 is 1.20 bits per heavy atom. The Morgan fingerprint density at radius 2 is 1.80 bits per heavy atom. The topological polar surface area (TPSA) is 57.5 Å². The molecule has 0 atom stereocenters. The van der Waals surface area contributed by atoms with Gasteiger partial charge in [-0.3, -0.25) is 4.79 Å². The second-order valence-electron chi connectivity index (χ2n) is 5.38. The minimum absolute atomic E-state index is 0.293. The van der Waals surface area contributed by atoms with Crippen LogP contribution in [0, 0.1) is 11.8 Å². The van der Waals surface area contributed by atoms with Gasteiger partial charge in [0, 0.05) is 0 Å². The zero-order chi connectivity index (χ0) is 10.9. The van der Waals surface area contributed by atoms with Crippen molar-refractivity contribution in [3.05, 3.63) is 0 Å². The van der Waals surface area contributed by atoms with Gasteiger partial charge in [0.2, 0.25) is 0 Å². The number of aliphatic carboxylic acids is 1. The SMILES string of the molecule is O=C(O)C1CC(O)(CC2CCCCC2)C1. The van der Waals surface area contributed by atoms with Gasteiger partial charge in [0.05, 0.1) is 11.5 Å². The lowest BCUT2D eigenvalue weighted by molar-refractivity contribution is -0.160. The van der Waals surface area contributed by atoms with Gasteiger partial charge in [0.15, 0.2) is 0 Å². The maximum Gasteiger partial charge on any atom is 0.306 e. The van der Waals surface area contributed by atoms with E-state index in [2.05, 4.69) is 0 Å². The second kappa shape index (κ2) is 4.12. The molecule has 0 aliphatic heterocycles. The molecule has 0 aromatic rings. The van der Waals surface area contributed by atoms with Crippen LogP contribution in [0.5, 0.6) is 0 Å². The third-order valence-electron chi connectivity index (χ3n) is 4.00. The number of aliphatic hydroxyl groups is 1. The van der Waals surface area contributed by atoms with Crippen molar-refractivity contribution in [2.45, 2.75) is 57.0 Å². The molecule has 0 aromatic carbocycles. The molecule has 0 heterocycles. The van der Waals surface area contributed by atoms with Crippen LogP contribution in [0.4, 0.5) is 0 Å². The molecule has 2 aliphatic carbocycles. The molecule has 0 unspecified atom stereocenters. The van der Waals surface area contributed by atoms with Gasteiger partial charge in [-0.15, -0.1) is 0 Å². The van der Waals surface area contributed by atoms with Crippen LogP contribution in [0.3, 0.4) is 0 Å². The molecule has 0 amide bonds. The molecule has 3 nitrogen and oxygen atoms in total. The first-order valence-corrected chi connectivity index (χ1v) is 6.04. The van der Waals surface area contributed by atoms with Crippen LogP contribution >= 0.6 is 0 Å². The van der Waals surface area contributed by atoms with E-state index >= 15 is 0 Å². The quantitative estimate of drug-likeness (QED) is 0.754. The summed E-state index contributed by atoms with van der Waals surface area (Å²) in [6, 6.07) is 0. The molecule has 2 rings (SSSR count). The van der Waals surface area contributed by atoms with Crippen molar-refractivity contribution >= 4 is 5.97 Å². The Kier molecular flexibility index (Phi) is 3.01. The van der Waals surface area contributed by atoms with E-state index in [1.165, 1.54) is 32.1 Å². The first-order valence-electron chi connectivity index (χ1n) is 6.04. The predicted molar refractivity (Wildman–Crippen MR) is 56.5 cm³/mol. The van der Waals surface area contributed by atoms with Gasteiger partial charge in [-0.05, 0) is 25.2 Å². The first kappa shape index (κ1) is 10.9. The maximum atomic E-state index is 10.7. The number of hydrogen-bond donors (Lipinski definition) is 2. The van der Waals surface area contributed by atoms with Crippen LogP contribution in [0.1, 0.15) is 51.4 Å². The average molecular weight is 212 g/mol. The summed E-state index contributed by atoms with van der Waals surface area (Å²) in [7, 11) is 0. The van der Waals surface area contributed by atoms with Gasteiger partial charge >= 0.3 is 5.97 Å². The van der Waals surface area contributed by atoms with E-state index in [1.54, 1.807) is 0 Å². The normalized spacial score (nSPS) is 37.3. The molecule has 86 valence electrons. The third-order valence-corrected chi connectivity index (χ3v) is 4.00. The van der Waals surface area contributed by atoms with E-state index in [9.17, 15) is 9.90 Å². The molecule has 0 saturated heterocycles. The summed E-state index contributed by atoms with van der Waals surface area (Å²) in [4.78, 5) is 10.7. The van der Waals surface area contributed by atoms with Crippen molar-refractivity contribution in [1.29, 1.82) is 0 Å². The lowest BCUT2D eigenvalue weighted by atomic mass is 9.65. The highest BCUT2D eigenvalue weighted by Gasteiger charge is 2.47. The number of carboxylic acid groups (broad SMARTS) is 1. The van der Waals surface area contributed by atoms with Gasteiger partial charge in [-0.25, -0.2) is 0 Å². The summed E-state index contributed by atoms with van der Waals surface area (Å²) in [6.07, 6.45) is 8.10. The van der Waals surface area contributed by atoms with E-state index in [-0.39, 0.29) is 5.92 Å². The van der Waals surface area contributed by atoms with E-state index in [0.29, 0.717) is 18.8 Å². The number of hydrogen-bond acceptors (Lipinski definition) is 2. The fourth-order valence-electron chi connectivity index (χ4n) is 3.13. The number of carboxylic acids is 1. The first-order chi connectivity index (χ1) is 7.09. The summed E-state index contributed by atoms with van der Waals surface area (Å²) in [5.41, 5.74) is -0.648. The lowest BCUT2D eigenvalue weighted by Crippen LogP contribution is -2.48. The summed E-state index contributed by atoms with van der Waals surface area (Å²) in [5.74, 6) is -0.402. The summed E-state index contributed by atoms with van der Waals surface area (Å²) in [5, 5.41) is 18.9. The highest BCUT2D eigenvalue weighted by molar-refractivity contribution is 5.71. The van der Waals surface area contributed by atoms with E-state index < -0.39 is 11.6 Å². The van der Waals surface area contributed by atoms with Gasteiger partial charge in [-0.2, -0.15) is 0 Å². The molecule has 2 saturated carbocycles. The van der Waals surface area contributed by atoms with Gasteiger partial charge in [-0.1, -0.05) is 32.1 Å². The minimum Gasteiger partial charge on any atom is -0.481 e. The van der Waals surface area contributed by atoms with Crippen molar-refractivity contribution in [2.24, 2.45) is 11.8 Å². The second-order valence-corrected chi connectivity index (χ2v) is 5.38. The standard InChI is InChI=1S/C12H20O3/c13-11(14)10-7-12(15,8-10)6-9-4-2-1-3-5-9/h9-10,15H,1-8H2,(H,13,14). The molecular formula is C12H20O3. The van der Waals surface area contributed by atoms with Gasteiger partial charge < -0.3 is 10.2 Å². The maximum absolute atomic E-state index is 10.7. The molecule has 2 aliphatic rings. The van der Waals surface area contributed by atoms with Gasteiger partial charge in [0.1, 0.15) is 0 Å². The molecule has 3 heteroatoms. The molecule has 0 spiro atoms. The molecule has 2 fully saturated rings. The predicted octanol–water partition coefficient (Wildman–Crippen LogP) is 2.18. The molecule has 0 aromatic heterocycles. The zero-order valence-corrected chi connectivity index (χ0v) is 9.11. The van der Waals surface area contributed by atoms with E-state index in [1.807, 2.05) is 0 Å². The Labute approximate surface area is 90.5 Å². The average Bonchev–Trinajstić information content (AvgIpc) is 2.15. The van der Waals surface area contributed by atoms with Crippen LogP contribution in [-0.4, -0.2) is 21.8 Å². The smallest absolute Gasteiger partial charge is 0.306 e. The van der Waals surface area contributed by atoms with Crippen molar-refractivity contribution < 1.29 is 15.0 Å². The summed E-state index contributed by atoms with van der Waals surface area (Å²) >= 11 is 0. The number of rotatable bonds is 3. The minimum atomic E-state index is -0.747. The molecule has 2 N–H and O–H groups in total. The van der Waals surface area contributed by atoms with Crippen molar-refractivity contribution in [2.75, 3.05) is 0 Å². The molecule has 0 bridgehead atoms. The largest absolute Gasteiger partial charge is 0.481 e. The monoisotopic (exact) mass is 212 g/mol. The van der Waals surface area contributed by atoms with Crippen LogP contribution in [0.2, 0.25) is 0 Å². The fraction of sp³-hybridized carbons (Fsp3) is 0.917. The highest BCUT2D eigenvalue weighted by atomic mass is 16.4. The van der Waals surface area contributed by atoms with Crippen LogP contribution < -0.4 is 0 Å². The van der Waals surface area contributed by atoms with Crippen molar-refractivity contribution in [1.82, 2.24) is 0 Å². The zero-order valence-electron chi connectivity index (χ0n) is 9.11. The van der Waals surface area contributed by atoms with Crippen molar-refractivity contribution in [3.63, 3.8) is 0 Å². The lowest BCUT2D eigenvalue weighted by Gasteiger charge is -2.44. The summed E-state index contributed by atoms with van der Waals surface area (Å²) < 4.78 is 0. The fourth-order valence-corrected chi connectivity index (χ4v) is 3.13.